The first-order chi connectivity index (χ1) is 17.2. The zero-order chi connectivity index (χ0) is 24.5. The van der Waals surface area contributed by atoms with Crippen molar-refractivity contribution >= 4 is 11.6 Å². The summed E-state index contributed by atoms with van der Waals surface area (Å²) < 4.78 is 0. The van der Waals surface area contributed by atoms with Crippen molar-refractivity contribution in [1.29, 1.82) is 0 Å². The Bertz CT molecular complexity index is 866. The molecule has 0 saturated heterocycles. The molecule has 0 radical (unpaired) electrons. The van der Waals surface area contributed by atoms with Gasteiger partial charge in [0.25, 0.3) is 0 Å². The van der Waals surface area contributed by atoms with Gasteiger partial charge in [0, 0.05) is 5.02 Å². The normalized spacial score (nSPS) is 25.0. The molecule has 0 spiro atoms. The second-order valence-corrected chi connectivity index (χ2v) is 12.3. The van der Waals surface area contributed by atoms with E-state index in [9.17, 15) is 0 Å². The lowest BCUT2D eigenvalue weighted by molar-refractivity contribution is 0.249. The molecule has 0 nitrogen and oxygen atoms in total. The number of unbranched alkanes of at least 4 members (excludes halogenated alkanes) is 2. The minimum absolute atomic E-state index is 0.759. The molecular weight excluding hydrogens is 444 g/mol. The second-order valence-electron chi connectivity index (χ2n) is 11.9. The van der Waals surface area contributed by atoms with Gasteiger partial charge in [0.2, 0.25) is 0 Å². The third-order valence-corrected chi connectivity index (χ3v) is 9.67. The Morgan fingerprint density at radius 1 is 0.629 bits per heavy atom. The molecule has 0 unspecified atom stereocenters. The molecule has 0 atom stereocenters. The molecule has 2 aliphatic carbocycles. The van der Waals surface area contributed by atoms with Gasteiger partial charge in [-0.15, -0.1) is 0 Å². The minimum atomic E-state index is 0.759. The number of hydrogen-bond acceptors (Lipinski definition) is 0. The van der Waals surface area contributed by atoms with Crippen LogP contribution >= 0.6 is 11.6 Å². The summed E-state index contributed by atoms with van der Waals surface area (Å²) in [5.74, 6) is 3.64. The molecule has 0 aromatic heterocycles. The number of halogens is 1. The highest BCUT2D eigenvalue weighted by Crippen LogP contribution is 2.39. The van der Waals surface area contributed by atoms with Gasteiger partial charge in [-0.1, -0.05) is 126 Å². The first-order valence-corrected chi connectivity index (χ1v) is 15.4. The summed E-state index contributed by atoms with van der Waals surface area (Å²) in [5.41, 5.74) is 5.42. The fraction of sp³-hybridized carbons (Fsp3) is 0.647. The highest BCUT2D eigenvalue weighted by molar-refractivity contribution is 6.31. The quantitative estimate of drug-likeness (QED) is 0.273. The van der Waals surface area contributed by atoms with Crippen molar-refractivity contribution < 1.29 is 0 Å². The Balaban J connectivity index is 1.25. The van der Waals surface area contributed by atoms with Crippen LogP contribution in [-0.4, -0.2) is 0 Å². The maximum atomic E-state index is 6.78. The van der Waals surface area contributed by atoms with E-state index in [4.69, 9.17) is 11.6 Å². The first kappa shape index (κ1) is 26.8. The van der Waals surface area contributed by atoms with Crippen molar-refractivity contribution in [3.63, 3.8) is 0 Å². The van der Waals surface area contributed by atoms with Crippen molar-refractivity contribution in [3.8, 4) is 11.1 Å². The van der Waals surface area contributed by atoms with E-state index < -0.39 is 0 Å². The highest BCUT2D eigenvalue weighted by atomic mass is 35.5. The highest BCUT2D eigenvalue weighted by Gasteiger charge is 2.22. The number of rotatable bonds is 11. The van der Waals surface area contributed by atoms with Crippen LogP contribution in [0, 0.1) is 17.8 Å². The van der Waals surface area contributed by atoms with Crippen LogP contribution in [0.1, 0.15) is 127 Å². The fourth-order valence-corrected chi connectivity index (χ4v) is 7.20. The maximum Gasteiger partial charge on any atom is 0.0444 e. The molecule has 0 aliphatic heterocycles. The molecule has 0 N–H and O–H groups in total. The lowest BCUT2D eigenvalue weighted by Gasteiger charge is -2.28. The predicted octanol–water partition coefficient (Wildman–Crippen LogP) is 11.4. The Labute approximate surface area is 221 Å². The van der Waals surface area contributed by atoms with E-state index >= 15 is 0 Å². The van der Waals surface area contributed by atoms with E-state index in [1.807, 2.05) is 0 Å². The predicted molar refractivity (Wildman–Crippen MR) is 154 cm³/mol. The molecule has 0 heterocycles. The molecule has 2 saturated carbocycles. The van der Waals surface area contributed by atoms with Gasteiger partial charge in [0.05, 0.1) is 0 Å². The Morgan fingerprint density at radius 2 is 1.23 bits per heavy atom. The third kappa shape index (κ3) is 7.85. The van der Waals surface area contributed by atoms with Crippen LogP contribution in [-0.2, 0) is 6.42 Å². The summed E-state index contributed by atoms with van der Waals surface area (Å²) in [7, 11) is 0. The number of benzene rings is 2. The van der Waals surface area contributed by atoms with Crippen molar-refractivity contribution in [1.82, 2.24) is 0 Å². The lowest BCUT2D eigenvalue weighted by Crippen LogP contribution is -2.15. The van der Waals surface area contributed by atoms with E-state index in [-0.39, 0.29) is 0 Å². The van der Waals surface area contributed by atoms with Crippen LogP contribution in [0.15, 0.2) is 42.5 Å². The number of aryl methyl sites for hydroxylation is 1. The zero-order valence-electron chi connectivity index (χ0n) is 22.5. The SMILES string of the molecule is CCCCCC1CCC(CCc2ccc(-c3ccc(C4CCC(CCC)CC4)cc3)cc2Cl)CC1. The largest absolute Gasteiger partial charge is 0.0840 e. The summed E-state index contributed by atoms with van der Waals surface area (Å²) >= 11 is 6.78. The van der Waals surface area contributed by atoms with Crippen molar-refractivity contribution in [2.75, 3.05) is 0 Å². The lowest BCUT2D eigenvalue weighted by atomic mass is 9.77. The molecule has 2 aromatic rings. The van der Waals surface area contributed by atoms with Gasteiger partial charge in [-0.3, -0.25) is 0 Å². The van der Waals surface area contributed by atoms with Crippen molar-refractivity contribution in [3.05, 3.63) is 58.6 Å². The monoisotopic (exact) mass is 492 g/mol. The van der Waals surface area contributed by atoms with E-state index in [0.717, 1.165) is 35.1 Å². The smallest absolute Gasteiger partial charge is 0.0444 e. The molecule has 0 amide bonds. The van der Waals surface area contributed by atoms with Crippen LogP contribution in [0.25, 0.3) is 11.1 Å². The van der Waals surface area contributed by atoms with Crippen LogP contribution < -0.4 is 0 Å². The first-order valence-electron chi connectivity index (χ1n) is 15.0. The van der Waals surface area contributed by atoms with Crippen LogP contribution in [0.4, 0.5) is 0 Å². The molecular formula is C34H49Cl. The summed E-state index contributed by atoms with van der Waals surface area (Å²) in [5, 5.41) is 0.953. The van der Waals surface area contributed by atoms with Crippen molar-refractivity contribution in [2.45, 2.75) is 122 Å². The second kappa shape index (κ2) is 13.9. The fourth-order valence-electron chi connectivity index (χ4n) is 6.92. The Hall–Kier alpha value is -1.27. The summed E-state index contributed by atoms with van der Waals surface area (Å²) in [4.78, 5) is 0. The van der Waals surface area contributed by atoms with Gasteiger partial charge in [-0.25, -0.2) is 0 Å². The van der Waals surface area contributed by atoms with Gasteiger partial charge >= 0.3 is 0 Å². The molecule has 4 rings (SSSR count). The average Bonchev–Trinajstić information content (AvgIpc) is 2.90. The third-order valence-electron chi connectivity index (χ3n) is 9.32. The van der Waals surface area contributed by atoms with Gasteiger partial charge in [0.15, 0.2) is 0 Å². The molecule has 0 bridgehead atoms. The van der Waals surface area contributed by atoms with Gasteiger partial charge in [0.1, 0.15) is 0 Å². The summed E-state index contributed by atoms with van der Waals surface area (Å²) in [6, 6.07) is 16.2. The standard InChI is InChI=1S/C34H49Cl/c1-3-5-6-8-27-9-11-28(12-10-27)15-18-32-23-24-33(25-34(32)35)31-21-19-30(20-22-31)29-16-13-26(7-4-2)14-17-29/h19-29H,3-18H2,1-2H3. The van der Waals surface area contributed by atoms with Crippen LogP contribution in [0.2, 0.25) is 5.02 Å². The van der Waals surface area contributed by atoms with E-state index in [2.05, 4.69) is 56.3 Å². The molecule has 2 aromatic carbocycles. The molecule has 35 heavy (non-hydrogen) atoms. The molecule has 2 fully saturated rings. The number of hydrogen-bond donors (Lipinski definition) is 0. The van der Waals surface area contributed by atoms with Gasteiger partial charge in [-0.2, -0.15) is 0 Å². The van der Waals surface area contributed by atoms with Crippen molar-refractivity contribution in [2.24, 2.45) is 17.8 Å². The van der Waals surface area contributed by atoms with E-state index in [1.54, 1.807) is 0 Å². The molecule has 2 aliphatic rings. The summed E-state index contributed by atoms with van der Waals surface area (Å²) in [6.45, 7) is 4.63. The zero-order valence-corrected chi connectivity index (χ0v) is 23.3. The summed E-state index contributed by atoms with van der Waals surface area (Å²) in [6.07, 6.45) is 22.2. The van der Waals surface area contributed by atoms with Crippen LogP contribution in [0.3, 0.4) is 0 Å². The Kier molecular flexibility index (Phi) is 10.6. The Morgan fingerprint density at radius 3 is 1.86 bits per heavy atom. The van der Waals surface area contributed by atoms with Crippen LogP contribution in [0.5, 0.6) is 0 Å². The average molecular weight is 493 g/mol. The minimum Gasteiger partial charge on any atom is -0.0840 e. The van der Waals surface area contributed by atoms with Gasteiger partial charge in [-0.05, 0) is 90.5 Å². The van der Waals surface area contributed by atoms with E-state index in [1.165, 1.54) is 119 Å². The molecule has 1 heteroatoms. The topological polar surface area (TPSA) is 0 Å². The van der Waals surface area contributed by atoms with Gasteiger partial charge < -0.3 is 0 Å². The molecule has 192 valence electrons. The maximum absolute atomic E-state index is 6.78. The van der Waals surface area contributed by atoms with E-state index in [0.29, 0.717) is 0 Å².